The zero-order valence-electron chi connectivity index (χ0n) is 12.1. The van der Waals surface area contributed by atoms with Gasteiger partial charge in [-0.2, -0.15) is 0 Å². The Morgan fingerprint density at radius 3 is 2.90 bits per heavy atom. The lowest BCUT2D eigenvalue weighted by atomic mass is 9.71. The molecule has 2 heteroatoms. The summed E-state index contributed by atoms with van der Waals surface area (Å²) in [6.07, 6.45) is 3.73. The lowest BCUT2D eigenvalue weighted by Crippen LogP contribution is -2.32. The Kier molecular flexibility index (Phi) is 2.69. The number of fused-ring (bicyclic) bond motifs is 2. The number of aromatic nitrogens is 1. The van der Waals surface area contributed by atoms with Gasteiger partial charge in [0.2, 0.25) is 0 Å². The third-order valence-electron chi connectivity index (χ3n) is 4.91. The van der Waals surface area contributed by atoms with Gasteiger partial charge in [0.05, 0.1) is 0 Å². The zero-order valence-corrected chi connectivity index (χ0v) is 12.1. The predicted molar refractivity (Wildman–Crippen MR) is 85.4 cm³/mol. The number of aliphatic hydroxyl groups is 1. The van der Waals surface area contributed by atoms with Crippen molar-refractivity contribution in [1.82, 2.24) is 4.98 Å². The van der Waals surface area contributed by atoms with Gasteiger partial charge in [0, 0.05) is 11.7 Å². The fourth-order valence-corrected chi connectivity index (χ4v) is 3.63. The van der Waals surface area contributed by atoms with Crippen molar-refractivity contribution < 1.29 is 5.11 Å². The fourth-order valence-electron chi connectivity index (χ4n) is 3.63. The highest BCUT2D eigenvalue weighted by Crippen LogP contribution is 2.45. The van der Waals surface area contributed by atoms with Crippen molar-refractivity contribution in [2.45, 2.75) is 31.3 Å². The van der Waals surface area contributed by atoms with E-state index in [2.05, 4.69) is 48.3 Å². The number of benzene rings is 2. The summed E-state index contributed by atoms with van der Waals surface area (Å²) in [6.45, 7) is 2.24. The van der Waals surface area contributed by atoms with Gasteiger partial charge >= 0.3 is 0 Å². The van der Waals surface area contributed by atoms with Crippen LogP contribution in [-0.4, -0.2) is 10.1 Å². The normalized spacial score (nSPS) is 25.0. The zero-order chi connectivity index (χ0) is 14.4. The molecule has 2 N–H and O–H groups in total. The van der Waals surface area contributed by atoms with Gasteiger partial charge in [0.15, 0.2) is 0 Å². The summed E-state index contributed by atoms with van der Waals surface area (Å²) in [6, 6.07) is 16.6. The summed E-state index contributed by atoms with van der Waals surface area (Å²) in [5.74, 6) is 0.512. The molecule has 0 spiro atoms. The third kappa shape index (κ3) is 1.83. The second kappa shape index (κ2) is 4.47. The molecule has 0 saturated carbocycles. The van der Waals surface area contributed by atoms with Crippen molar-refractivity contribution in [2.75, 3.05) is 0 Å². The first-order valence-electron chi connectivity index (χ1n) is 7.58. The third-order valence-corrected chi connectivity index (χ3v) is 4.91. The van der Waals surface area contributed by atoms with Crippen molar-refractivity contribution in [3.63, 3.8) is 0 Å². The first kappa shape index (κ1) is 12.7. The standard InChI is InChI=1S/C19H19NO/c1-13-8-10-19(21,17-5-3-2-4-16(13)17)15-6-7-18-14(12-15)9-11-20-18/h2-7,9,11-13,20-21H,8,10H2,1H3. The highest BCUT2D eigenvalue weighted by atomic mass is 16.3. The van der Waals surface area contributed by atoms with Crippen LogP contribution in [0, 0.1) is 0 Å². The van der Waals surface area contributed by atoms with Gasteiger partial charge in [-0.1, -0.05) is 37.3 Å². The molecule has 0 amide bonds. The molecule has 2 atom stereocenters. The fraction of sp³-hybridized carbons (Fsp3) is 0.263. The number of H-pyrrole nitrogens is 1. The number of nitrogens with one attached hydrogen (secondary N) is 1. The number of hydrogen-bond acceptors (Lipinski definition) is 1. The van der Waals surface area contributed by atoms with Crippen LogP contribution in [0.3, 0.4) is 0 Å². The highest BCUT2D eigenvalue weighted by molar-refractivity contribution is 5.80. The Labute approximate surface area is 124 Å². The van der Waals surface area contributed by atoms with Gasteiger partial charge < -0.3 is 10.1 Å². The predicted octanol–water partition coefficient (Wildman–Crippen LogP) is 4.30. The maximum absolute atomic E-state index is 11.4. The van der Waals surface area contributed by atoms with Crippen LogP contribution in [-0.2, 0) is 5.60 Å². The Morgan fingerprint density at radius 1 is 1.14 bits per heavy atom. The topological polar surface area (TPSA) is 36.0 Å². The first-order chi connectivity index (χ1) is 10.2. The van der Waals surface area contributed by atoms with E-state index in [1.54, 1.807) is 0 Å². The van der Waals surface area contributed by atoms with Crippen molar-refractivity contribution in [2.24, 2.45) is 0 Å². The van der Waals surface area contributed by atoms with Crippen molar-refractivity contribution in [1.29, 1.82) is 0 Å². The second-order valence-corrected chi connectivity index (χ2v) is 6.17. The molecule has 1 aliphatic rings. The van der Waals surface area contributed by atoms with Crippen LogP contribution in [0.2, 0.25) is 0 Å². The summed E-state index contributed by atoms with van der Waals surface area (Å²) in [4.78, 5) is 3.21. The Morgan fingerprint density at radius 2 is 2.00 bits per heavy atom. The van der Waals surface area contributed by atoms with Crippen LogP contribution in [0.15, 0.2) is 54.7 Å². The van der Waals surface area contributed by atoms with E-state index < -0.39 is 5.60 Å². The molecule has 2 nitrogen and oxygen atoms in total. The van der Waals surface area contributed by atoms with Crippen LogP contribution in [0.5, 0.6) is 0 Å². The molecule has 0 bridgehead atoms. The van der Waals surface area contributed by atoms with E-state index in [9.17, 15) is 5.11 Å². The minimum atomic E-state index is -0.867. The molecular weight excluding hydrogens is 258 g/mol. The maximum atomic E-state index is 11.4. The van der Waals surface area contributed by atoms with E-state index in [1.165, 1.54) is 5.56 Å². The SMILES string of the molecule is CC1CCC(O)(c2ccc3[nH]ccc3c2)c2ccccc21. The van der Waals surface area contributed by atoms with E-state index in [-0.39, 0.29) is 0 Å². The minimum Gasteiger partial charge on any atom is -0.380 e. The van der Waals surface area contributed by atoms with Crippen LogP contribution >= 0.6 is 0 Å². The summed E-state index contributed by atoms with van der Waals surface area (Å²) in [5.41, 5.74) is 3.59. The molecule has 2 aromatic carbocycles. The largest absolute Gasteiger partial charge is 0.380 e. The lowest BCUT2D eigenvalue weighted by molar-refractivity contribution is 0.0581. The van der Waals surface area contributed by atoms with Crippen molar-refractivity contribution in [3.05, 3.63) is 71.4 Å². The van der Waals surface area contributed by atoms with Gasteiger partial charge in [-0.05, 0) is 59.0 Å². The van der Waals surface area contributed by atoms with E-state index in [1.807, 2.05) is 18.3 Å². The lowest BCUT2D eigenvalue weighted by Gasteiger charge is -2.37. The summed E-state index contributed by atoms with van der Waals surface area (Å²) < 4.78 is 0. The average molecular weight is 277 g/mol. The van der Waals surface area contributed by atoms with Crippen LogP contribution < -0.4 is 0 Å². The molecule has 1 aromatic heterocycles. The second-order valence-electron chi connectivity index (χ2n) is 6.17. The van der Waals surface area contributed by atoms with Crippen LogP contribution in [0.1, 0.15) is 42.4 Å². The average Bonchev–Trinajstić information content (AvgIpc) is 2.99. The Balaban J connectivity index is 1.92. The number of hydrogen-bond donors (Lipinski definition) is 2. The quantitative estimate of drug-likeness (QED) is 0.683. The van der Waals surface area contributed by atoms with E-state index in [0.29, 0.717) is 5.92 Å². The van der Waals surface area contributed by atoms with Gasteiger partial charge in [0.1, 0.15) is 5.60 Å². The molecule has 0 radical (unpaired) electrons. The Bertz CT molecular complexity index is 804. The minimum absolute atomic E-state index is 0.512. The number of aromatic amines is 1. The van der Waals surface area contributed by atoms with Gasteiger partial charge in [-0.3, -0.25) is 0 Å². The molecule has 0 fully saturated rings. The molecule has 0 saturated heterocycles. The van der Waals surface area contributed by atoms with Crippen LogP contribution in [0.4, 0.5) is 0 Å². The van der Waals surface area contributed by atoms with E-state index >= 15 is 0 Å². The van der Waals surface area contributed by atoms with Crippen molar-refractivity contribution in [3.8, 4) is 0 Å². The summed E-state index contributed by atoms with van der Waals surface area (Å²) in [5, 5.41) is 12.5. The molecule has 4 rings (SSSR count). The molecule has 21 heavy (non-hydrogen) atoms. The summed E-state index contributed by atoms with van der Waals surface area (Å²) in [7, 11) is 0. The van der Waals surface area contributed by atoms with Gasteiger partial charge in [-0.15, -0.1) is 0 Å². The first-order valence-corrected chi connectivity index (χ1v) is 7.58. The molecular formula is C19H19NO. The molecule has 1 heterocycles. The van der Waals surface area contributed by atoms with E-state index in [4.69, 9.17) is 0 Å². The van der Waals surface area contributed by atoms with E-state index in [0.717, 1.165) is 34.9 Å². The van der Waals surface area contributed by atoms with Crippen molar-refractivity contribution >= 4 is 10.9 Å². The molecule has 3 aromatic rings. The molecule has 1 aliphatic carbocycles. The monoisotopic (exact) mass is 277 g/mol. The molecule has 2 unspecified atom stereocenters. The maximum Gasteiger partial charge on any atom is 0.115 e. The Hall–Kier alpha value is -2.06. The smallest absolute Gasteiger partial charge is 0.115 e. The molecule has 0 aliphatic heterocycles. The van der Waals surface area contributed by atoms with Crippen LogP contribution in [0.25, 0.3) is 10.9 Å². The number of rotatable bonds is 1. The summed E-state index contributed by atoms with van der Waals surface area (Å²) >= 11 is 0. The van der Waals surface area contributed by atoms with Gasteiger partial charge in [-0.25, -0.2) is 0 Å². The highest BCUT2D eigenvalue weighted by Gasteiger charge is 2.38. The molecule has 106 valence electrons. The van der Waals surface area contributed by atoms with Gasteiger partial charge in [0.25, 0.3) is 0 Å².